The van der Waals surface area contributed by atoms with Crippen molar-refractivity contribution in [2.24, 2.45) is 11.8 Å². The number of amides is 2. The second-order valence-corrected chi connectivity index (χ2v) is 7.24. The van der Waals surface area contributed by atoms with Gasteiger partial charge in [0.25, 0.3) is 0 Å². The van der Waals surface area contributed by atoms with Crippen LogP contribution in [-0.2, 0) is 16.0 Å². The molecule has 0 unspecified atom stereocenters. The van der Waals surface area contributed by atoms with Crippen LogP contribution >= 0.6 is 11.3 Å². The minimum Gasteiger partial charge on any atom is -0.355 e. The summed E-state index contributed by atoms with van der Waals surface area (Å²) in [7, 11) is 0. The summed E-state index contributed by atoms with van der Waals surface area (Å²) in [5.41, 5.74) is 1.04. The van der Waals surface area contributed by atoms with Crippen molar-refractivity contribution in [2.75, 3.05) is 19.6 Å². The number of hydrogen-bond acceptors (Lipinski definition) is 4. The lowest BCUT2D eigenvalue weighted by molar-refractivity contribution is -0.136. The van der Waals surface area contributed by atoms with E-state index in [1.807, 2.05) is 17.2 Å². The van der Waals surface area contributed by atoms with Crippen LogP contribution in [0.2, 0.25) is 0 Å². The van der Waals surface area contributed by atoms with Crippen molar-refractivity contribution in [3.05, 3.63) is 16.1 Å². The maximum Gasteiger partial charge on any atom is 0.225 e. The number of carbonyl (C=O) groups is 2. The van der Waals surface area contributed by atoms with Crippen LogP contribution in [0.15, 0.2) is 5.38 Å². The fourth-order valence-corrected chi connectivity index (χ4v) is 3.68. The maximum atomic E-state index is 12.2. The lowest BCUT2D eigenvalue weighted by Crippen LogP contribution is -2.43. The molecule has 1 saturated carbocycles. The highest BCUT2D eigenvalue weighted by atomic mass is 32.1. The number of likely N-dealkylation sites (tertiary alicyclic amines) is 1. The molecule has 22 heavy (non-hydrogen) atoms. The highest BCUT2D eigenvalue weighted by molar-refractivity contribution is 7.09. The lowest BCUT2D eigenvalue weighted by atomic mass is 9.95. The van der Waals surface area contributed by atoms with Gasteiger partial charge in [-0.2, -0.15) is 0 Å². The smallest absolute Gasteiger partial charge is 0.225 e. The van der Waals surface area contributed by atoms with E-state index in [4.69, 9.17) is 0 Å². The van der Waals surface area contributed by atoms with Gasteiger partial charge in [0, 0.05) is 49.0 Å². The van der Waals surface area contributed by atoms with Gasteiger partial charge in [0.05, 0.1) is 5.01 Å². The number of aryl methyl sites for hydroxylation is 1. The molecule has 1 saturated heterocycles. The molecule has 5 nitrogen and oxygen atoms in total. The Hall–Kier alpha value is -1.43. The quantitative estimate of drug-likeness (QED) is 0.899. The van der Waals surface area contributed by atoms with Crippen molar-refractivity contribution >= 4 is 23.2 Å². The maximum absolute atomic E-state index is 12.2. The highest BCUT2D eigenvalue weighted by Gasteiger charge is 2.35. The molecule has 2 fully saturated rings. The Kier molecular flexibility index (Phi) is 4.76. The number of nitrogens with one attached hydrogen (secondary N) is 1. The largest absolute Gasteiger partial charge is 0.355 e. The molecular formula is C16H23N3O2S. The normalized spacial score (nSPS) is 19.2. The van der Waals surface area contributed by atoms with Gasteiger partial charge in [-0.3, -0.25) is 9.59 Å². The third-order valence-corrected chi connectivity index (χ3v) is 5.44. The van der Waals surface area contributed by atoms with Crippen LogP contribution in [0.3, 0.4) is 0 Å². The summed E-state index contributed by atoms with van der Waals surface area (Å²) >= 11 is 1.64. The van der Waals surface area contributed by atoms with Gasteiger partial charge in [0.2, 0.25) is 11.8 Å². The Bertz CT molecular complexity index is 545. The Labute approximate surface area is 135 Å². The van der Waals surface area contributed by atoms with Gasteiger partial charge in [0.1, 0.15) is 0 Å². The number of rotatable bonds is 5. The monoisotopic (exact) mass is 321 g/mol. The summed E-state index contributed by atoms with van der Waals surface area (Å²) in [5, 5.41) is 6.12. The van der Waals surface area contributed by atoms with Gasteiger partial charge in [-0.1, -0.05) is 0 Å². The van der Waals surface area contributed by atoms with Crippen molar-refractivity contribution in [3.63, 3.8) is 0 Å². The summed E-state index contributed by atoms with van der Waals surface area (Å²) in [6.45, 7) is 4.10. The molecule has 0 spiro atoms. The van der Waals surface area contributed by atoms with E-state index in [-0.39, 0.29) is 17.7 Å². The van der Waals surface area contributed by atoms with Crippen molar-refractivity contribution in [1.82, 2.24) is 15.2 Å². The molecule has 6 heteroatoms. The lowest BCUT2D eigenvalue weighted by Gasteiger charge is -2.31. The zero-order valence-corrected chi connectivity index (χ0v) is 13.8. The van der Waals surface area contributed by atoms with Crippen LogP contribution in [0.5, 0.6) is 0 Å². The molecule has 0 atom stereocenters. The summed E-state index contributed by atoms with van der Waals surface area (Å²) in [6.07, 6.45) is 4.48. The van der Waals surface area contributed by atoms with Crippen molar-refractivity contribution in [1.29, 1.82) is 0 Å². The number of carbonyl (C=O) groups excluding carboxylic acids is 2. The number of piperidine rings is 1. The molecular weight excluding hydrogens is 298 g/mol. The molecule has 2 amide bonds. The number of thiazole rings is 1. The minimum absolute atomic E-state index is 0.0567. The molecule has 120 valence electrons. The average molecular weight is 321 g/mol. The first kappa shape index (κ1) is 15.5. The Morgan fingerprint density at radius 1 is 1.27 bits per heavy atom. The van der Waals surface area contributed by atoms with Crippen LogP contribution in [0.25, 0.3) is 0 Å². The van der Waals surface area contributed by atoms with E-state index < -0.39 is 0 Å². The van der Waals surface area contributed by atoms with Crippen LogP contribution in [-0.4, -0.2) is 41.3 Å². The van der Waals surface area contributed by atoms with Gasteiger partial charge in [0.15, 0.2) is 0 Å². The second kappa shape index (κ2) is 6.77. The molecule has 1 aromatic rings. The fourth-order valence-electron chi connectivity index (χ4n) is 2.91. The fraction of sp³-hybridized carbons (Fsp3) is 0.688. The van der Waals surface area contributed by atoms with E-state index in [0.717, 1.165) is 55.9 Å². The van der Waals surface area contributed by atoms with E-state index in [2.05, 4.69) is 10.3 Å². The van der Waals surface area contributed by atoms with Crippen LogP contribution in [0.1, 0.15) is 36.4 Å². The summed E-state index contributed by atoms with van der Waals surface area (Å²) in [6, 6.07) is 0. The van der Waals surface area contributed by atoms with Crippen molar-refractivity contribution in [3.8, 4) is 0 Å². The van der Waals surface area contributed by atoms with Crippen LogP contribution in [0.4, 0.5) is 0 Å². The molecule has 1 N–H and O–H groups in total. The van der Waals surface area contributed by atoms with E-state index in [0.29, 0.717) is 12.5 Å². The first-order valence-electron chi connectivity index (χ1n) is 8.11. The zero-order valence-electron chi connectivity index (χ0n) is 13.0. The van der Waals surface area contributed by atoms with Crippen LogP contribution in [0, 0.1) is 18.8 Å². The Morgan fingerprint density at radius 3 is 2.59 bits per heavy atom. The molecule has 1 aliphatic heterocycles. The van der Waals surface area contributed by atoms with Crippen molar-refractivity contribution < 1.29 is 9.59 Å². The first-order valence-corrected chi connectivity index (χ1v) is 8.99. The molecule has 1 aliphatic carbocycles. The number of nitrogens with zero attached hydrogens (tertiary/aromatic N) is 2. The molecule has 2 aliphatic rings. The van der Waals surface area contributed by atoms with Gasteiger partial charge in [-0.25, -0.2) is 4.98 Å². The predicted molar refractivity (Wildman–Crippen MR) is 85.6 cm³/mol. The van der Waals surface area contributed by atoms with E-state index in [1.165, 1.54) is 0 Å². The highest BCUT2D eigenvalue weighted by Crippen LogP contribution is 2.32. The van der Waals surface area contributed by atoms with E-state index >= 15 is 0 Å². The van der Waals surface area contributed by atoms with E-state index in [9.17, 15) is 9.59 Å². The summed E-state index contributed by atoms with van der Waals surface area (Å²) < 4.78 is 0. The first-order chi connectivity index (χ1) is 10.6. The van der Waals surface area contributed by atoms with Gasteiger partial charge in [-0.15, -0.1) is 11.3 Å². The Morgan fingerprint density at radius 2 is 2.00 bits per heavy atom. The molecule has 0 bridgehead atoms. The van der Waals surface area contributed by atoms with Gasteiger partial charge < -0.3 is 10.2 Å². The van der Waals surface area contributed by atoms with Crippen LogP contribution < -0.4 is 5.32 Å². The number of aromatic nitrogens is 1. The number of hydrogen-bond donors (Lipinski definition) is 1. The third-order valence-electron chi connectivity index (χ3n) is 4.41. The standard InChI is InChI=1S/C16H23N3O2S/c1-11-10-22-14(18-11)4-7-17-15(20)12-5-8-19(9-6-12)16(21)13-2-3-13/h10,12-13H,2-9H2,1H3,(H,17,20). The molecule has 0 aromatic carbocycles. The topological polar surface area (TPSA) is 62.3 Å². The van der Waals surface area contributed by atoms with Gasteiger partial charge >= 0.3 is 0 Å². The molecule has 0 radical (unpaired) electrons. The molecule has 1 aromatic heterocycles. The average Bonchev–Trinajstić information content (AvgIpc) is 3.30. The minimum atomic E-state index is 0.0567. The third kappa shape index (κ3) is 3.85. The Balaban J connectivity index is 1.37. The summed E-state index contributed by atoms with van der Waals surface area (Å²) in [5.74, 6) is 0.776. The molecule has 2 heterocycles. The zero-order chi connectivity index (χ0) is 15.5. The second-order valence-electron chi connectivity index (χ2n) is 6.30. The predicted octanol–water partition coefficient (Wildman–Crippen LogP) is 1.76. The van der Waals surface area contributed by atoms with Crippen molar-refractivity contribution in [2.45, 2.75) is 39.0 Å². The SMILES string of the molecule is Cc1csc(CCNC(=O)C2CCN(C(=O)C3CC3)CC2)n1. The summed E-state index contributed by atoms with van der Waals surface area (Å²) in [4.78, 5) is 30.5. The van der Waals surface area contributed by atoms with Gasteiger partial charge in [-0.05, 0) is 32.6 Å². The van der Waals surface area contributed by atoms with E-state index in [1.54, 1.807) is 11.3 Å². The molecule has 3 rings (SSSR count).